The Balaban J connectivity index is 1.57. The van der Waals surface area contributed by atoms with Crippen molar-refractivity contribution in [3.8, 4) is 11.5 Å². The van der Waals surface area contributed by atoms with Gasteiger partial charge in [0.1, 0.15) is 16.7 Å². The van der Waals surface area contributed by atoms with Gasteiger partial charge in [-0.2, -0.15) is 5.06 Å². The van der Waals surface area contributed by atoms with Crippen LogP contribution in [0.2, 0.25) is 5.02 Å². The highest BCUT2D eigenvalue weighted by Gasteiger charge is 2.45. The summed E-state index contributed by atoms with van der Waals surface area (Å²) in [4.78, 5) is 5.66. The van der Waals surface area contributed by atoms with Crippen molar-refractivity contribution in [3.05, 3.63) is 95.0 Å². The third-order valence-electron chi connectivity index (χ3n) is 5.50. The number of benzene rings is 3. The van der Waals surface area contributed by atoms with E-state index in [4.69, 9.17) is 21.2 Å². The van der Waals surface area contributed by atoms with E-state index in [1.54, 1.807) is 43.4 Å². The fourth-order valence-electron chi connectivity index (χ4n) is 3.83. The number of hydroxylamine groups is 2. The highest BCUT2D eigenvalue weighted by atomic mass is 35.5. The maximum absolute atomic E-state index is 13.4. The van der Waals surface area contributed by atoms with Gasteiger partial charge in [0, 0.05) is 25.7 Å². The first-order valence-electron chi connectivity index (χ1n) is 10.2. The minimum absolute atomic E-state index is 0.0882. The monoisotopic (exact) mass is 472 g/mol. The first kappa shape index (κ1) is 22.8. The van der Waals surface area contributed by atoms with E-state index in [2.05, 4.69) is 0 Å². The van der Waals surface area contributed by atoms with Crippen molar-refractivity contribution in [3.63, 3.8) is 0 Å². The molecule has 0 spiro atoms. The zero-order chi connectivity index (χ0) is 22.7. The van der Waals surface area contributed by atoms with Crippen LogP contribution in [0.1, 0.15) is 17.2 Å². The van der Waals surface area contributed by atoms with Gasteiger partial charge < -0.3 is 4.74 Å². The molecular formula is C24H25ClN2O4S. The number of sulfonamides is 1. The second-order valence-electron chi connectivity index (χ2n) is 7.74. The quantitative estimate of drug-likeness (QED) is 0.490. The number of hydrogen-bond acceptors (Lipinski definition) is 5. The van der Waals surface area contributed by atoms with E-state index < -0.39 is 21.3 Å². The maximum atomic E-state index is 13.4. The Morgan fingerprint density at radius 3 is 2.47 bits per heavy atom. The summed E-state index contributed by atoms with van der Waals surface area (Å²) < 4.78 is 34.2. The second kappa shape index (κ2) is 9.60. The Morgan fingerprint density at radius 2 is 1.75 bits per heavy atom. The Bertz CT molecular complexity index is 1160. The van der Waals surface area contributed by atoms with E-state index in [0.717, 1.165) is 11.1 Å². The second-order valence-corrected chi connectivity index (χ2v) is 10.4. The Hall–Kier alpha value is -2.42. The molecule has 3 aromatic carbocycles. The van der Waals surface area contributed by atoms with Gasteiger partial charge in [-0.25, -0.2) is 12.7 Å². The predicted molar refractivity (Wildman–Crippen MR) is 125 cm³/mol. The third kappa shape index (κ3) is 4.98. The molecule has 1 fully saturated rings. The zero-order valence-electron chi connectivity index (χ0n) is 17.9. The molecule has 2 atom stereocenters. The van der Waals surface area contributed by atoms with Crippen molar-refractivity contribution in [2.75, 3.05) is 20.7 Å². The summed E-state index contributed by atoms with van der Waals surface area (Å²) in [7, 11) is -0.269. The summed E-state index contributed by atoms with van der Waals surface area (Å²) in [6, 6.07) is 23.6. The molecule has 4 rings (SSSR count). The van der Waals surface area contributed by atoms with Crippen LogP contribution in [-0.2, 0) is 21.4 Å². The van der Waals surface area contributed by atoms with Crippen molar-refractivity contribution in [2.24, 2.45) is 0 Å². The fourth-order valence-corrected chi connectivity index (χ4v) is 5.64. The summed E-state index contributed by atoms with van der Waals surface area (Å²) in [5, 5.41) is 1.50. The van der Waals surface area contributed by atoms with Crippen LogP contribution in [0.3, 0.4) is 0 Å². The Morgan fingerprint density at radius 1 is 1.03 bits per heavy atom. The first-order chi connectivity index (χ1) is 15.3. The van der Waals surface area contributed by atoms with Gasteiger partial charge in [0.25, 0.3) is 0 Å². The van der Waals surface area contributed by atoms with Crippen molar-refractivity contribution in [1.82, 2.24) is 9.37 Å². The molecule has 8 heteroatoms. The topological polar surface area (TPSA) is 59.1 Å². The van der Waals surface area contributed by atoms with Crippen molar-refractivity contribution < 1.29 is 18.0 Å². The smallest absolute Gasteiger partial charge is 0.221 e. The average Bonchev–Trinajstić information content (AvgIpc) is 3.18. The molecule has 6 nitrogen and oxygen atoms in total. The fraction of sp³-hybridized carbons (Fsp3) is 0.250. The highest BCUT2D eigenvalue weighted by Crippen LogP contribution is 2.37. The maximum Gasteiger partial charge on any atom is 0.221 e. The van der Waals surface area contributed by atoms with Gasteiger partial charge in [-0.1, -0.05) is 54.1 Å². The lowest BCUT2D eigenvalue weighted by atomic mass is 10.0. The van der Waals surface area contributed by atoms with Crippen LogP contribution in [0, 0.1) is 0 Å². The molecular weight excluding hydrogens is 448 g/mol. The number of nitrogens with zero attached hydrogens (tertiary/aromatic N) is 2. The van der Waals surface area contributed by atoms with Crippen molar-refractivity contribution in [1.29, 1.82) is 0 Å². The third-order valence-corrected chi connectivity index (χ3v) is 7.91. The summed E-state index contributed by atoms with van der Waals surface area (Å²) in [5.41, 5.74) is 1.74. The molecule has 1 aliphatic heterocycles. The van der Waals surface area contributed by atoms with Crippen LogP contribution in [0.5, 0.6) is 11.5 Å². The Kier molecular flexibility index (Phi) is 6.83. The van der Waals surface area contributed by atoms with Crippen molar-refractivity contribution in [2.45, 2.75) is 17.8 Å². The molecule has 0 N–H and O–H groups in total. The molecule has 32 heavy (non-hydrogen) atoms. The van der Waals surface area contributed by atoms with Gasteiger partial charge in [0.15, 0.2) is 0 Å². The average molecular weight is 473 g/mol. The molecule has 1 heterocycles. The van der Waals surface area contributed by atoms with Crippen LogP contribution in [-0.4, -0.2) is 43.7 Å². The van der Waals surface area contributed by atoms with E-state index in [-0.39, 0.29) is 6.61 Å². The molecule has 0 radical (unpaired) electrons. The van der Waals surface area contributed by atoms with Gasteiger partial charge in [0.2, 0.25) is 10.0 Å². The first-order valence-corrected chi connectivity index (χ1v) is 12.1. The SMILES string of the molecule is CN1OC[C@@H](S(=O)(=O)N(C)Cc2ccccc2)[C@@H]1c1cccc(Oc2ccc(Cl)cc2)c1. The predicted octanol–water partition coefficient (Wildman–Crippen LogP) is 4.88. The van der Waals surface area contributed by atoms with Crippen LogP contribution < -0.4 is 4.74 Å². The number of ether oxygens (including phenoxy) is 1. The van der Waals surface area contributed by atoms with Gasteiger partial charge in [0.05, 0.1) is 12.6 Å². The summed E-state index contributed by atoms with van der Waals surface area (Å²) in [6.07, 6.45) is 0. The molecule has 0 aliphatic carbocycles. The van der Waals surface area contributed by atoms with Crippen molar-refractivity contribution >= 4 is 21.6 Å². The number of halogens is 1. The minimum atomic E-state index is -3.63. The minimum Gasteiger partial charge on any atom is -0.457 e. The zero-order valence-corrected chi connectivity index (χ0v) is 19.5. The summed E-state index contributed by atoms with van der Waals surface area (Å²) >= 11 is 5.94. The van der Waals surface area contributed by atoms with E-state index in [9.17, 15) is 8.42 Å². The van der Waals surface area contributed by atoms with Crippen LogP contribution in [0.25, 0.3) is 0 Å². The Labute approximate surface area is 193 Å². The standard InChI is InChI=1S/C24H25ClN2O4S/c1-26(16-18-7-4-3-5-8-18)32(28,29)23-17-30-27(2)24(23)19-9-6-10-22(15-19)31-21-13-11-20(25)12-14-21/h3-15,23-24H,16-17H2,1-2H3/t23-,24+/m1/s1. The highest BCUT2D eigenvalue weighted by molar-refractivity contribution is 7.89. The van der Waals surface area contributed by atoms with Crippen LogP contribution in [0.15, 0.2) is 78.9 Å². The lowest BCUT2D eigenvalue weighted by molar-refractivity contribution is -0.110. The van der Waals surface area contributed by atoms with Gasteiger partial charge >= 0.3 is 0 Å². The number of hydrogen-bond donors (Lipinski definition) is 0. The van der Waals surface area contributed by atoms with Crippen LogP contribution in [0.4, 0.5) is 0 Å². The normalized spacial score (nSPS) is 19.4. The molecule has 0 amide bonds. The van der Waals surface area contributed by atoms with Crippen LogP contribution >= 0.6 is 11.6 Å². The lowest BCUT2D eigenvalue weighted by Crippen LogP contribution is -2.40. The van der Waals surface area contributed by atoms with E-state index in [1.807, 2.05) is 54.6 Å². The molecule has 0 bridgehead atoms. The molecule has 1 aliphatic rings. The van der Waals surface area contributed by atoms with Gasteiger partial charge in [-0.05, 0) is 47.5 Å². The molecule has 0 aromatic heterocycles. The van der Waals surface area contributed by atoms with E-state index in [1.165, 1.54) is 4.31 Å². The van der Waals surface area contributed by atoms with Gasteiger partial charge in [-0.3, -0.25) is 4.84 Å². The summed E-state index contributed by atoms with van der Waals surface area (Å²) in [6.45, 7) is 0.390. The van der Waals surface area contributed by atoms with E-state index in [0.29, 0.717) is 23.1 Å². The van der Waals surface area contributed by atoms with E-state index >= 15 is 0 Å². The molecule has 168 valence electrons. The molecule has 1 saturated heterocycles. The lowest BCUT2D eigenvalue weighted by Gasteiger charge is -2.27. The molecule has 3 aromatic rings. The number of rotatable bonds is 7. The van der Waals surface area contributed by atoms with Gasteiger partial charge in [-0.15, -0.1) is 0 Å². The molecule has 0 unspecified atom stereocenters. The molecule has 0 saturated carbocycles. The largest absolute Gasteiger partial charge is 0.457 e. The summed E-state index contributed by atoms with van der Waals surface area (Å²) in [5.74, 6) is 1.26.